The second kappa shape index (κ2) is 5.41. The molecular formula is C13H19FN2. The Morgan fingerprint density at radius 2 is 2.00 bits per heavy atom. The molecule has 3 N–H and O–H groups in total. The summed E-state index contributed by atoms with van der Waals surface area (Å²) in [7, 11) is 0. The van der Waals surface area contributed by atoms with Crippen LogP contribution in [0.15, 0.2) is 24.3 Å². The largest absolute Gasteiger partial charge is 0.330 e. The first-order valence-corrected chi connectivity index (χ1v) is 5.97. The molecule has 2 unspecified atom stereocenters. The van der Waals surface area contributed by atoms with Crippen LogP contribution < -0.4 is 11.1 Å². The van der Waals surface area contributed by atoms with E-state index in [0.29, 0.717) is 12.0 Å². The van der Waals surface area contributed by atoms with E-state index in [-0.39, 0.29) is 5.82 Å². The zero-order valence-electron chi connectivity index (χ0n) is 9.45. The molecule has 1 aromatic rings. The minimum absolute atomic E-state index is 0.176. The lowest BCUT2D eigenvalue weighted by Crippen LogP contribution is -2.35. The minimum Gasteiger partial charge on any atom is -0.330 e. The highest BCUT2D eigenvalue weighted by atomic mass is 19.1. The van der Waals surface area contributed by atoms with Gasteiger partial charge in [-0.25, -0.2) is 4.39 Å². The quantitative estimate of drug-likeness (QED) is 0.818. The Morgan fingerprint density at radius 1 is 1.25 bits per heavy atom. The van der Waals surface area contributed by atoms with Gasteiger partial charge in [-0.1, -0.05) is 18.6 Å². The molecule has 16 heavy (non-hydrogen) atoms. The molecule has 0 aromatic heterocycles. The van der Waals surface area contributed by atoms with E-state index in [0.717, 1.165) is 18.7 Å². The molecule has 0 aliphatic heterocycles. The Hall–Kier alpha value is -0.930. The maximum Gasteiger partial charge on any atom is 0.123 e. The van der Waals surface area contributed by atoms with Crippen LogP contribution in [0.3, 0.4) is 0 Å². The summed E-state index contributed by atoms with van der Waals surface area (Å²) in [5.41, 5.74) is 6.85. The maximum absolute atomic E-state index is 12.7. The standard InChI is InChI=1S/C13H19FN2/c14-12-6-4-10(5-7-12)9-16-13-3-1-2-11(13)8-15/h4-7,11,13,16H,1-3,8-9,15H2. The summed E-state index contributed by atoms with van der Waals surface area (Å²) in [4.78, 5) is 0. The molecule has 3 heteroatoms. The maximum atomic E-state index is 12.7. The first kappa shape index (κ1) is 11.6. The van der Waals surface area contributed by atoms with Crippen molar-refractivity contribution in [2.45, 2.75) is 31.8 Å². The van der Waals surface area contributed by atoms with Gasteiger partial charge in [0.25, 0.3) is 0 Å². The lowest BCUT2D eigenvalue weighted by Gasteiger charge is -2.19. The summed E-state index contributed by atoms with van der Waals surface area (Å²) in [5.74, 6) is 0.435. The third-order valence-corrected chi connectivity index (χ3v) is 3.44. The zero-order chi connectivity index (χ0) is 11.4. The summed E-state index contributed by atoms with van der Waals surface area (Å²) in [6, 6.07) is 7.21. The molecule has 0 saturated heterocycles. The Bertz CT molecular complexity index is 323. The predicted octanol–water partition coefficient (Wildman–Crippen LogP) is 2.04. The summed E-state index contributed by atoms with van der Waals surface area (Å²) in [6.07, 6.45) is 3.71. The smallest absolute Gasteiger partial charge is 0.123 e. The van der Waals surface area contributed by atoms with Crippen molar-refractivity contribution in [1.82, 2.24) is 5.32 Å². The van der Waals surface area contributed by atoms with E-state index >= 15 is 0 Å². The van der Waals surface area contributed by atoms with Crippen molar-refractivity contribution in [2.75, 3.05) is 6.54 Å². The van der Waals surface area contributed by atoms with Gasteiger partial charge in [0.05, 0.1) is 0 Å². The van der Waals surface area contributed by atoms with E-state index in [1.807, 2.05) is 12.1 Å². The molecule has 1 fully saturated rings. The van der Waals surface area contributed by atoms with Gasteiger partial charge >= 0.3 is 0 Å². The van der Waals surface area contributed by atoms with E-state index in [2.05, 4.69) is 5.32 Å². The first-order valence-electron chi connectivity index (χ1n) is 5.97. The van der Waals surface area contributed by atoms with E-state index in [9.17, 15) is 4.39 Å². The SMILES string of the molecule is NCC1CCCC1NCc1ccc(F)cc1. The fourth-order valence-electron chi connectivity index (χ4n) is 2.44. The van der Waals surface area contributed by atoms with Crippen LogP contribution >= 0.6 is 0 Å². The lowest BCUT2D eigenvalue weighted by atomic mass is 10.0. The monoisotopic (exact) mass is 222 g/mol. The highest BCUT2D eigenvalue weighted by Crippen LogP contribution is 2.24. The number of rotatable bonds is 4. The van der Waals surface area contributed by atoms with Gasteiger partial charge in [0.2, 0.25) is 0 Å². The van der Waals surface area contributed by atoms with Crippen LogP contribution in [0, 0.1) is 11.7 Å². The molecule has 0 heterocycles. The van der Waals surface area contributed by atoms with Gasteiger partial charge in [-0.05, 0) is 43.0 Å². The number of halogens is 1. The Labute approximate surface area is 96.0 Å². The molecule has 0 radical (unpaired) electrons. The normalized spacial score (nSPS) is 24.9. The molecule has 0 bridgehead atoms. The number of nitrogens with two attached hydrogens (primary N) is 1. The molecule has 2 rings (SSSR count). The number of benzene rings is 1. The van der Waals surface area contributed by atoms with E-state index in [4.69, 9.17) is 5.73 Å². The average molecular weight is 222 g/mol. The molecule has 2 atom stereocenters. The van der Waals surface area contributed by atoms with Crippen LogP contribution in [-0.4, -0.2) is 12.6 Å². The fourth-order valence-corrected chi connectivity index (χ4v) is 2.44. The van der Waals surface area contributed by atoms with Crippen molar-refractivity contribution in [3.05, 3.63) is 35.6 Å². The molecule has 2 nitrogen and oxygen atoms in total. The average Bonchev–Trinajstić information content (AvgIpc) is 2.76. The fraction of sp³-hybridized carbons (Fsp3) is 0.538. The minimum atomic E-state index is -0.176. The Morgan fingerprint density at radius 3 is 2.69 bits per heavy atom. The van der Waals surface area contributed by atoms with Gasteiger partial charge < -0.3 is 11.1 Å². The van der Waals surface area contributed by atoms with Gasteiger partial charge in [-0.3, -0.25) is 0 Å². The second-order valence-corrected chi connectivity index (χ2v) is 4.54. The summed E-state index contributed by atoms with van der Waals surface area (Å²) < 4.78 is 12.7. The van der Waals surface area contributed by atoms with Crippen molar-refractivity contribution in [2.24, 2.45) is 11.7 Å². The van der Waals surface area contributed by atoms with E-state index < -0.39 is 0 Å². The second-order valence-electron chi connectivity index (χ2n) is 4.54. The van der Waals surface area contributed by atoms with Crippen LogP contribution in [0.2, 0.25) is 0 Å². The van der Waals surface area contributed by atoms with Crippen LogP contribution in [-0.2, 0) is 6.54 Å². The molecule has 1 aromatic carbocycles. The molecule has 1 saturated carbocycles. The number of nitrogens with one attached hydrogen (secondary N) is 1. The number of hydrogen-bond acceptors (Lipinski definition) is 2. The Kier molecular flexibility index (Phi) is 3.91. The van der Waals surface area contributed by atoms with Gasteiger partial charge in [0.1, 0.15) is 5.82 Å². The zero-order valence-corrected chi connectivity index (χ0v) is 9.45. The van der Waals surface area contributed by atoms with Crippen LogP contribution in [0.25, 0.3) is 0 Å². The third kappa shape index (κ3) is 2.80. The molecule has 1 aliphatic carbocycles. The highest BCUT2D eigenvalue weighted by molar-refractivity contribution is 5.15. The van der Waals surface area contributed by atoms with Gasteiger partial charge in [-0.15, -0.1) is 0 Å². The molecule has 88 valence electrons. The Balaban J connectivity index is 1.85. The third-order valence-electron chi connectivity index (χ3n) is 3.44. The topological polar surface area (TPSA) is 38.0 Å². The van der Waals surface area contributed by atoms with Crippen molar-refractivity contribution in [3.8, 4) is 0 Å². The van der Waals surface area contributed by atoms with E-state index in [1.165, 1.54) is 31.4 Å². The molecule has 0 spiro atoms. The van der Waals surface area contributed by atoms with Crippen LogP contribution in [0.1, 0.15) is 24.8 Å². The van der Waals surface area contributed by atoms with E-state index in [1.54, 1.807) is 0 Å². The predicted molar refractivity (Wildman–Crippen MR) is 63.4 cm³/mol. The summed E-state index contributed by atoms with van der Waals surface area (Å²) in [5, 5.41) is 3.52. The van der Waals surface area contributed by atoms with Crippen molar-refractivity contribution >= 4 is 0 Å². The van der Waals surface area contributed by atoms with Crippen LogP contribution in [0.4, 0.5) is 4.39 Å². The number of hydrogen-bond donors (Lipinski definition) is 2. The summed E-state index contributed by atoms with van der Waals surface area (Å²) in [6.45, 7) is 1.57. The van der Waals surface area contributed by atoms with Crippen molar-refractivity contribution in [3.63, 3.8) is 0 Å². The van der Waals surface area contributed by atoms with Crippen LogP contribution in [0.5, 0.6) is 0 Å². The highest BCUT2D eigenvalue weighted by Gasteiger charge is 2.25. The van der Waals surface area contributed by atoms with Crippen molar-refractivity contribution in [1.29, 1.82) is 0 Å². The van der Waals surface area contributed by atoms with Gasteiger partial charge in [-0.2, -0.15) is 0 Å². The molecular weight excluding hydrogens is 203 g/mol. The lowest BCUT2D eigenvalue weighted by molar-refractivity contribution is 0.406. The van der Waals surface area contributed by atoms with Crippen molar-refractivity contribution < 1.29 is 4.39 Å². The van der Waals surface area contributed by atoms with Gasteiger partial charge in [0, 0.05) is 12.6 Å². The van der Waals surface area contributed by atoms with Gasteiger partial charge in [0.15, 0.2) is 0 Å². The summed E-state index contributed by atoms with van der Waals surface area (Å²) >= 11 is 0. The molecule has 0 amide bonds. The first-order chi connectivity index (χ1) is 7.79. The molecule has 1 aliphatic rings.